The molecule has 0 fully saturated rings. The zero-order valence-electron chi connectivity index (χ0n) is 15.7. The number of carbonyl (C=O) groups excluding carboxylic acids is 1. The van der Waals surface area contributed by atoms with Crippen LogP contribution < -0.4 is 10.1 Å². The summed E-state index contributed by atoms with van der Waals surface area (Å²) in [5, 5.41) is 11.7. The average molecular weight is 432 g/mol. The summed E-state index contributed by atoms with van der Waals surface area (Å²) in [6.07, 6.45) is 1.07. The number of nitrogens with one attached hydrogen (secondary N) is 1. The molecule has 0 aliphatic carbocycles. The quantitative estimate of drug-likeness (QED) is 0.636. The maximum Gasteiger partial charge on any atom is 0.266 e. The molecule has 0 radical (unpaired) electrons. The molecule has 7 nitrogen and oxygen atoms in total. The van der Waals surface area contributed by atoms with Crippen LogP contribution in [-0.2, 0) is 4.79 Å². The predicted octanol–water partition coefficient (Wildman–Crippen LogP) is 4.13. The van der Waals surface area contributed by atoms with Crippen LogP contribution in [0.2, 0.25) is 0 Å². The van der Waals surface area contributed by atoms with Gasteiger partial charge in [0.2, 0.25) is 5.88 Å². The molecule has 3 rings (SSSR count). The second kappa shape index (κ2) is 7.96. The molecular weight excluding hydrogens is 410 g/mol. The summed E-state index contributed by atoms with van der Waals surface area (Å²) in [5.41, 5.74) is 1.75. The van der Waals surface area contributed by atoms with Gasteiger partial charge in [0.25, 0.3) is 5.91 Å². The lowest BCUT2D eigenvalue weighted by molar-refractivity contribution is -0.122. The fraction of sp³-hybridized carbons (Fsp3) is 0.316. The molecule has 0 spiro atoms. The molecule has 0 saturated heterocycles. The summed E-state index contributed by atoms with van der Waals surface area (Å²) in [6, 6.07) is 11.7. The van der Waals surface area contributed by atoms with E-state index in [-0.39, 0.29) is 11.9 Å². The van der Waals surface area contributed by atoms with E-state index in [1.54, 1.807) is 22.5 Å². The zero-order valence-corrected chi connectivity index (χ0v) is 17.3. The number of amides is 1. The number of aryl methyl sites for hydroxylation is 1. The first kappa shape index (κ1) is 19.2. The van der Waals surface area contributed by atoms with Crippen molar-refractivity contribution in [3.8, 4) is 11.6 Å². The maximum atomic E-state index is 12.6. The van der Waals surface area contributed by atoms with E-state index >= 15 is 0 Å². The Morgan fingerprint density at radius 1 is 1.19 bits per heavy atom. The van der Waals surface area contributed by atoms with E-state index in [2.05, 4.69) is 31.4 Å². The first-order valence-electron chi connectivity index (χ1n) is 8.69. The Hall–Kier alpha value is -2.61. The Bertz CT molecular complexity index is 933. The molecule has 2 aromatic heterocycles. The van der Waals surface area contributed by atoms with Gasteiger partial charge in [0, 0.05) is 18.3 Å². The van der Waals surface area contributed by atoms with Crippen molar-refractivity contribution in [3.63, 3.8) is 0 Å². The zero-order chi connectivity index (χ0) is 19.6. The molecule has 1 amide bonds. The molecule has 27 heavy (non-hydrogen) atoms. The van der Waals surface area contributed by atoms with Crippen LogP contribution in [0.5, 0.6) is 5.88 Å². The van der Waals surface area contributed by atoms with Gasteiger partial charge in [-0.1, -0.05) is 18.2 Å². The molecule has 1 atom stereocenters. The van der Waals surface area contributed by atoms with Gasteiger partial charge < -0.3 is 10.1 Å². The predicted molar refractivity (Wildman–Crippen MR) is 107 cm³/mol. The van der Waals surface area contributed by atoms with E-state index in [1.807, 2.05) is 57.2 Å². The number of halogens is 1. The molecule has 1 unspecified atom stereocenters. The third-order valence-corrected chi connectivity index (χ3v) is 4.46. The van der Waals surface area contributed by atoms with Gasteiger partial charge in [-0.25, -0.2) is 9.36 Å². The van der Waals surface area contributed by atoms with Crippen molar-refractivity contribution < 1.29 is 9.53 Å². The van der Waals surface area contributed by atoms with Crippen LogP contribution in [-0.4, -0.2) is 31.6 Å². The minimum absolute atomic E-state index is 0.140. The van der Waals surface area contributed by atoms with Crippen LogP contribution >= 0.6 is 15.9 Å². The molecule has 0 aliphatic heterocycles. The second-order valence-corrected chi connectivity index (χ2v) is 7.38. The van der Waals surface area contributed by atoms with Gasteiger partial charge in [-0.05, 0) is 55.8 Å². The van der Waals surface area contributed by atoms with Crippen LogP contribution in [0.3, 0.4) is 0 Å². The van der Waals surface area contributed by atoms with Gasteiger partial charge in [-0.2, -0.15) is 5.10 Å². The van der Waals surface area contributed by atoms with Crippen molar-refractivity contribution in [3.05, 3.63) is 52.8 Å². The summed E-state index contributed by atoms with van der Waals surface area (Å²) >= 11 is 3.44. The normalized spacial score (nSPS) is 12.2. The highest BCUT2D eigenvalue weighted by atomic mass is 79.9. The van der Waals surface area contributed by atoms with Crippen LogP contribution in [0.25, 0.3) is 5.69 Å². The van der Waals surface area contributed by atoms with Gasteiger partial charge in [0.05, 0.1) is 15.9 Å². The van der Waals surface area contributed by atoms with Crippen LogP contribution in [0.1, 0.15) is 32.5 Å². The summed E-state index contributed by atoms with van der Waals surface area (Å²) in [7, 11) is 0. The number of para-hydroxylation sites is 1. The van der Waals surface area contributed by atoms with Crippen molar-refractivity contribution in [1.82, 2.24) is 19.6 Å². The average Bonchev–Trinajstić information content (AvgIpc) is 3.18. The number of nitrogens with zero attached hydrogens (tertiary/aromatic N) is 4. The van der Waals surface area contributed by atoms with Crippen molar-refractivity contribution in [2.45, 2.75) is 39.8 Å². The Morgan fingerprint density at radius 3 is 2.56 bits per heavy atom. The maximum absolute atomic E-state index is 12.6. The van der Waals surface area contributed by atoms with Crippen molar-refractivity contribution in [1.29, 1.82) is 0 Å². The molecule has 1 N–H and O–H groups in total. The molecule has 0 bridgehead atoms. The molecule has 2 heterocycles. The topological polar surface area (TPSA) is 74.0 Å². The van der Waals surface area contributed by atoms with Crippen LogP contribution in [0, 0.1) is 6.92 Å². The smallest absolute Gasteiger partial charge is 0.266 e. The lowest BCUT2D eigenvalue weighted by Gasteiger charge is -2.15. The number of aromatic nitrogens is 4. The highest BCUT2D eigenvalue weighted by Crippen LogP contribution is 2.26. The van der Waals surface area contributed by atoms with E-state index in [9.17, 15) is 4.79 Å². The first-order valence-corrected chi connectivity index (χ1v) is 9.48. The van der Waals surface area contributed by atoms with E-state index < -0.39 is 6.10 Å². The molecule has 0 aliphatic rings. The molecule has 3 aromatic rings. The molecule has 142 valence electrons. The number of rotatable bonds is 6. The third-order valence-electron chi connectivity index (χ3n) is 3.92. The largest absolute Gasteiger partial charge is 0.463 e. The Labute approximate surface area is 166 Å². The number of benzene rings is 1. The number of anilines is 1. The number of ether oxygens (including phenoxy) is 1. The van der Waals surface area contributed by atoms with E-state index in [0.717, 1.165) is 11.4 Å². The Kier molecular flexibility index (Phi) is 5.65. The van der Waals surface area contributed by atoms with Crippen molar-refractivity contribution in [2.24, 2.45) is 0 Å². The second-order valence-electron chi connectivity index (χ2n) is 6.52. The van der Waals surface area contributed by atoms with Gasteiger partial charge in [-0.3, -0.25) is 4.79 Å². The van der Waals surface area contributed by atoms with Gasteiger partial charge >= 0.3 is 0 Å². The SMILES string of the molecule is Cc1cc(NC(=O)C(C)Oc2nn(-c3ccccc3)cc2Br)n(C(C)C)n1. The number of hydrogen-bond acceptors (Lipinski definition) is 4. The first-order chi connectivity index (χ1) is 12.8. The minimum atomic E-state index is -0.726. The molecule has 8 heteroatoms. The molecule has 1 aromatic carbocycles. The minimum Gasteiger partial charge on any atom is -0.463 e. The lowest BCUT2D eigenvalue weighted by Crippen LogP contribution is -2.31. The van der Waals surface area contributed by atoms with Crippen LogP contribution in [0.15, 0.2) is 47.1 Å². The summed E-state index contributed by atoms with van der Waals surface area (Å²) in [4.78, 5) is 12.6. The third kappa shape index (κ3) is 4.39. The van der Waals surface area contributed by atoms with Crippen molar-refractivity contribution in [2.75, 3.05) is 5.32 Å². The summed E-state index contributed by atoms with van der Waals surface area (Å²) in [5.74, 6) is 0.741. The summed E-state index contributed by atoms with van der Waals surface area (Å²) in [6.45, 7) is 7.60. The van der Waals surface area contributed by atoms with Gasteiger partial charge in [0.15, 0.2) is 6.10 Å². The standard InChI is InChI=1S/C19H22BrN5O2/c1-12(2)25-17(10-13(3)22-25)21-18(26)14(4)27-19-16(20)11-24(23-19)15-8-6-5-7-9-15/h5-12,14H,1-4H3,(H,21,26). The monoisotopic (exact) mass is 431 g/mol. The fourth-order valence-corrected chi connectivity index (χ4v) is 2.95. The summed E-state index contributed by atoms with van der Waals surface area (Å²) < 4.78 is 9.92. The Morgan fingerprint density at radius 2 is 1.89 bits per heavy atom. The lowest BCUT2D eigenvalue weighted by atomic mass is 10.3. The van der Waals surface area contributed by atoms with Crippen molar-refractivity contribution >= 4 is 27.7 Å². The van der Waals surface area contributed by atoms with Crippen LogP contribution in [0.4, 0.5) is 5.82 Å². The molecular formula is C19H22BrN5O2. The highest BCUT2D eigenvalue weighted by molar-refractivity contribution is 9.10. The number of hydrogen-bond donors (Lipinski definition) is 1. The van der Waals surface area contributed by atoms with E-state index in [4.69, 9.17) is 4.74 Å². The molecule has 0 saturated carbocycles. The highest BCUT2D eigenvalue weighted by Gasteiger charge is 2.21. The fourth-order valence-electron chi connectivity index (χ4n) is 2.58. The van der Waals surface area contributed by atoms with Gasteiger partial charge in [-0.15, -0.1) is 5.10 Å². The van der Waals surface area contributed by atoms with Gasteiger partial charge in [0.1, 0.15) is 5.82 Å². The van der Waals surface area contributed by atoms with E-state index in [1.165, 1.54) is 0 Å². The Balaban J connectivity index is 1.71. The number of carbonyl (C=O) groups is 1. The van der Waals surface area contributed by atoms with E-state index in [0.29, 0.717) is 16.2 Å².